The van der Waals surface area contributed by atoms with Gasteiger partial charge in [-0.25, -0.2) is 9.18 Å². The van der Waals surface area contributed by atoms with Crippen LogP contribution in [0.4, 0.5) is 23.2 Å². The molecule has 3 N–H and O–H groups in total. The van der Waals surface area contributed by atoms with Crippen molar-refractivity contribution in [3.63, 3.8) is 0 Å². The summed E-state index contributed by atoms with van der Waals surface area (Å²) in [4.78, 5) is 10.9. The summed E-state index contributed by atoms with van der Waals surface area (Å²) in [6.45, 7) is 0.0680. The second kappa shape index (κ2) is 6.77. The minimum atomic E-state index is -4.66. The number of aromatic carboxylic acids is 1. The molecule has 0 amide bonds. The second-order valence-electron chi connectivity index (χ2n) is 5.01. The van der Waals surface area contributed by atoms with Crippen LogP contribution in [0.25, 0.3) is 0 Å². The highest BCUT2D eigenvalue weighted by molar-refractivity contribution is 5.91. The topological polar surface area (TPSA) is 69.6 Å². The molecule has 0 radical (unpaired) electrons. The van der Waals surface area contributed by atoms with Gasteiger partial charge in [0.1, 0.15) is 17.1 Å². The summed E-state index contributed by atoms with van der Waals surface area (Å²) in [5.41, 5.74) is -1.10. The number of hydrogen-bond acceptors (Lipinski definition) is 3. The Balaban J connectivity index is 2.10. The standard InChI is InChI=1S/C16H13F4NO3/c17-10-2-1-9(13(7-10)16(18,19)20)5-6-21-11-3-4-14(22)12(8-11)15(23)24/h1-4,7-8,21-22H,5-6H2,(H,23,24). The van der Waals surface area contributed by atoms with Crippen LogP contribution < -0.4 is 5.32 Å². The molecule has 0 spiro atoms. The van der Waals surface area contributed by atoms with Crippen LogP contribution in [0.5, 0.6) is 5.75 Å². The lowest BCUT2D eigenvalue weighted by molar-refractivity contribution is -0.138. The molecule has 0 unspecified atom stereocenters. The summed E-state index contributed by atoms with van der Waals surface area (Å²) in [6, 6.07) is 6.21. The maximum Gasteiger partial charge on any atom is 0.416 e. The summed E-state index contributed by atoms with van der Waals surface area (Å²) in [6.07, 6.45) is -4.70. The number of phenols is 1. The summed E-state index contributed by atoms with van der Waals surface area (Å²) in [5.74, 6) is -2.70. The lowest BCUT2D eigenvalue weighted by Gasteiger charge is -2.14. The van der Waals surface area contributed by atoms with Gasteiger partial charge < -0.3 is 15.5 Å². The number of aromatic hydroxyl groups is 1. The molecule has 0 aliphatic heterocycles. The van der Waals surface area contributed by atoms with Crippen molar-refractivity contribution < 1.29 is 32.6 Å². The molecule has 0 heterocycles. The molecular formula is C16H13F4NO3. The number of alkyl halides is 3. The summed E-state index contributed by atoms with van der Waals surface area (Å²) >= 11 is 0. The number of rotatable bonds is 5. The normalized spacial score (nSPS) is 11.3. The van der Waals surface area contributed by atoms with Crippen LogP contribution in [-0.2, 0) is 12.6 Å². The highest BCUT2D eigenvalue weighted by atomic mass is 19.4. The van der Waals surface area contributed by atoms with Gasteiger partial charge in [-0.15, -0.1) is 0 Å². The van der Waals surface area contributed by atoms with Gasteiger partial charge in [-0.1, -0.05) is 6.07 Å². The van der Waals surface area contributed by atoms with Crippen molar-refractivity contribution in [2.24, 2.45) is 0 Å². The van der Waals surface area contributed by atoms with Crippen LogP contribution in [0.3, 0.4) is 0 Å². The smallest absolute Gasteiger partial charge is 0.416 e. The zero-order valence-corrected chi connectivity index (χ0v) is 12.2. The predicted molar refractivity (Wildman–Crippen MR) is 78.7 cm³/mol. The van der Waals surface area contributed by atoms with Crippen molar-refractivity contribution in [2.75, 3.05) is 11.9 Å². The molecule has 24 heavy (non-hydrogen) atoms. The Kier molecular flexibility index (Phi) is 4.96. The zero-order valence-electron chi connectivity index (χ0n) is 12.2. The maximum atomic E-state index is 13.0. The Morgan fingerprint density at radius 2 is 1.83 bits per heavy atom. The number of carboxylic acids is 1. The van der Waals surface area contributed by atoms with E-state index in [1.54, 1.807) is 0 Å². The molecule has 0 aliphatic rings. The minimum absolute atomic E-state index is 0.0432. The van der Waals surface area contributed by atoms with Crippen LogP contribution in [0.1, 0.15) is 21.5 Å². The fourth-order valence-electron chi connectivity index (χ4n) is 2.19. The number of anilines is 1. The highest BCUT2D eigenvalue weighted by Crippen LogP contribution is 2.32. The quantitative estimate of drug-likeness (QED) is 0.569. The van der Waals surface area contributed by atoms with Gasteiger partial charge in [-0.2, -0.15) is 13.2 Å². The van der Waals surface area contributed by atoms with Crippen molar-refractivity contribution in [3.8, 4) is 5.75 Å². The van der Waals surface area contributed by atoms with Crippen molar-refractivity contribution >= 4 is 11.7 Å². The molecular weight excluding hydrogens is 330 g/mol. The Morgan fingerprint density at radius 1 is 1.12 bits per heavy atom. The first kappa shape index (κ1) is 17.6. The number of hydrogen-bond donors (Lipinski definition) is 3. The molecule has 4 nitrogen and oxygen atoms in total. The van der Waals surface area contributed by atoms with E-state index in [1.165, 1.54) is 18.2 Å². The highest BCUT2D eigenvalue weighted by Gasteiger charge is 2.33. The van der Waals surface area contributed by atoms with Crippen LogP contribution in [0, 0.1) is 5.82 Å². The first-order chi connectivity index (χ1) is 11.2. The fraction of sp³-hybridized carbons (Fsp3) is 0.188. The molecule has 2 rings (SSSR count). The molecule has 0 saturated carbocycles. The van der Waals surface area contributed by atoms with E-state index in [-0.39, 0.29) is 24.1 Å². The molecule has 0 saturated heterocycles. The molecule has 8 heteroatoms. The molecule has 128 valence electrons. The largest absolute Gasteiger partial charge is 0.507 e. The third-order valence-electron chi connectivity index (χ3n) is 3.33. The van der Waals surface area contributed by atoms with Crippen LogP contribution in [0.2, 0.25) is 0 Å². The van der Waals surface area contributed by atoms with Gasteiger partial charge >= 0.3 is 12.1 Å². The number of carboxylic acid groups (broad SMARTS) is 1. The lowest BCUT2D eigenvalue weighted by atomic mass is 10.0. The second-order valence-corrected chi connectivity index (χ2v) is 5.01. The minimum Gasteiger partial charge on any atom is -0.507 e. The van der Waals surface area contributed by atoms with E-state index in [0.717, 1.165) is 12.1 Å². The Morgan fingerprint density at radius 3 is 2.46 bits per heavy atom. The maximum absolute atomic E-state index is 13.0. The number of carbonyl (C=O) groups is 1. The van der Waals surface area contributed by atoms with Gasteiger partial charge in [0, 0.05) is 12.2 Å². The Labute approximate surface area is 134 Å². The fourth-order valence-corrected chi connectivity index (χ4v) is 2.19. The molecule has 0 fully saturated rings. The van der Waals surface area contributed by atoms with E-state index < -0.39 is 29.3 Å². The van der Waals surface area contributed by atoms with Crippen molar-refractivity contribution in [1.82, 2.24) is 0 Å². The van der Waals surface area contributed by atoms with E-state index in [1.807, 2.05) is 0 Å². The van der Waals surface area contributed by atoms with Crippen LogP contribution in [0.15, 0.2) is 36.4 Å². The van der Waals surface area contributed by atoms with E-state index >= 15 is 0 Å². The average molecular weight is 343 g/mol. The SMILES string of the molecule is O=C(O)c1cc(NCCc2ccc(F)cc2C(F)(F)F)ccc1O. The van der Waals surface area contributed by atoms with Crippen LogP contribution in [-0.4, -0.2) is 22.7 Å². The first-order valence-electron chi connectivity index (χ1n) is 6.84. The summed E-state index contributed by atoms with van der Waals surface area (Å²) < 4.78 is 51.7. The molecule has 2 aromatic rings. The Hall–Kier alpha value is -2.77. The molecule has 0 aliphatic carbocycles. The van der Waals surface area contributed by atoms with Gasteiger partial charge in [0.25, 0.3) is 0 Å². The van der Waals surface area contributed by atoms with Crippen LogP contribution >= 0.6 is 0 Å². The van der Waals surface area contributed by atoms with E-state index in [0.29, 0.717) is 11.8 Å². The van der Waals surface area contributed by atoms with Crippen molar-refractivity contribution in [3.05, 3.63) is 58.9 Å². The van der Waals surface area contributed by atoms with Gasteiger partial charge in [-0.05, 0) is 42.3 Å². The average Bonchev–Trinajstić information content (AvgIpc) is 2.49. The molecule has 0 aromatic heterocycles. The number of benzene rings is 2. The molecule has 2 aromatic carbocycles. The van der Waals surface area contributed by atoms with E-state index in [9.17, 15) is 27.5 Å². The zero-order chi connectivity index (χ0) is 17.9. The molecule has 0 bridgehead atoms. The van der Waals surface area contributed by atoms with Crippen molar-refractivity contribution in [1.29, 1.82) is 0 Å². The predicted octanol–water partition coefficient (Wildman–Crippen LogP) is 3.90. The lowest BCUT2D eigenvalue weighted by Crippen LogP contribution is -2.13. The summed E-state index contributed by atoms with van der Waals surface area (Å²) in [7, 11) is 0. The Bertz CT molecular complexity index is 759. The van der Waals surface area contributed by atoms with Gasteiger partial charge in [0.15, 0.2) is 0 Å². The number of halogens is 4. The molecule has 0 atom stereocenters. The van der Waals surface area contributed by atoms with Gasteiger partial charge in [-0.3, -0.25) is 0 Å². The van der Waals surface area contributed by atoms with E-state index in [2.05, 4.69) is 5.32 Å². The van der Waals surface area contributed by atoms with E-state index in [4.69, 9.17) is 5.11 Å². The third kappa shape index (κ3) is 4.15. The monoisotopic (exact) mass is 343 g/mol. The third-order valence-corrected chi connectivity index (χ3v) is 3.33. The van der Waals surface area contributed by atoms with Gasteiger partial charge in [0.05, 0.1) is 5.56 Å². The number of nitrogens with one attached hydrogen (secondary N) is 1. The first-order valence-corrected chi connectivity index (χ1v) is 6.84. The summed E-state index contributed by atoms with van der Waals surface area (Å²) in [5, 5.41) is 21.1. The van der Waals surface area contributed by atoms with Gasteiger partial charge in [0.2, 0.25) is 0 Å². The van der Waals surface area contributed by atoms with Crippen molar-refractivity contribution in [2.45, 2.75) is 12.6 Å².